The van der Waals surface area contributed by atoms with Crippen molar-refractivity contribution in [1.29, 1.82) is 0 Å². The van der Waals surface area contributed by atoms with E-state index in [1.165, 1.54) is 24.0 Å². The normalized spacial score (nSPS) is 24.6. The number of rotatable bonds is 3. The Kier molecular flexibility index (Phi) is 4.98. The highest BCUT2D eigenvalue weighted by molar-refractivity contribution is 5.96. The van der Waals surface area contributed by atoms with Gasteiger partial charge in [0.25, 0.3) is 5.91 Å². The van der Waals surface area contributed by atoms with Crippen molar-refractivity contribution in [3.63, 3.8) is 0 Å². The molecule has 1 atom stereocenters. The molecule has 1 N–H and O–H groups in total. The molecule has 3 aliphatic rings. The lowest BCUT2D eigenvalue weighted by atomic mass is 9.88. The van der Waals surface area contributed by atoms with Crippen LogP contribution in [0.25, 0.3) is 0 Å². The van der Waals surface area contributed by atoms with Crippen molar-refractivity contribution in [3.8, 4) is 0 Å². The minimum Gasteiger partial charge on any atom is -0.349 e. The number of hydrogen-bond donors (Lipinski definition) is 1. The first-order valence-corrected chi connectivity index (χ1v) is 10.0. The molecule has 5 nitrogen and oxygen atoms in total. The maximum absolute atomic E-state index is 12.8. The molecule has 0 spiro atoms. The van der Waals surface area contributed by atoms with Crippen LogP contribution in [0.2, 0.25) is 0 Å². The number of nitrogens with one attached hydrogen (secondary N) is 1. The van der Waals surface area contributed by atoms with E-state index < -0.39 is 0 Å². The molecule has 1 aliphatic carbocycles. The lowest BCUT2D eigenvalue weighted by Gasteiger charge is -2.35. The van der Waals surface area contributed by atoms with Crippen LogP contribution < -0.4 is 5.32 Å². The minimum absolute atomic E-state index is 0.0535. The van der Waals surface area contributed by atoms with E-state index in [2.05, 4.69) is 16.3 Å². The summed E-state index contributed by atoms with van der Waals surface area (Å²) < 4.78 is 0. The van der Waals surface area contributed by atoms with E-state index in [-0.39, 0.29) is 23.9 Å². The summed E-state index contributed by atoms with van der Waals surface area (Å²) in [6.45, 7) is 2.64. The second-order valence-corrected chi connectivity index (χ2v) is 8.00. The fourth-order valence-electron chi connectivity index (χ4n) is 4.76. The molecule has 0 radical (unpaired) electrons. The Hall–Kier alpha value is -1.88. The van der Waals surface area contributed by atoms with Crippen molar-refractivity contribution in [1.82, 2.24) is 15.1 Å². The van der Waals surface area contributed by atoms with Crippen molar-refractivity contribution < 1.29 is 9.59 Å². The van der Waals surface area contributed by atoms with Crippen molar-refractivity contribution in [2.75, 3.05) is 26.7 Å². The average Bonchev–Trinajstić information content (AvgIpc) is 3.01. The summed E-state index contributed by atoms with van der Waals surface area (Å²) in [7, 11) is 1.88. The van der Waals surface area contributed by atoms with Crippen molar-refractivity contribution in [2.24, 2.45) is 0 Å². The summed E-state index contributed by atoms with van der Waals surface area (Å²) >= 11 is 0. The number of fused-ring (bicyclic) bond motifs is 1. The molecule has 1 aromatic carbocycles. The van der Waals surface area contributed by atoms with Crippen LogP contribution in [0.3, 0.4) is 0 Å². The molecule has 2 saturated heterocycles. The van der Waals surface area contributed by atoms with Crippen LogP contribution in [0.15, 0.2) is 18.2 Å². The third-order valence-corrected chi connectivity index (χ3v) is 6.35. The topological polar surface area (TPSA) is 52.6 Å². The lowest BCUT2D eigenvalue weighted by Crippen LogP contribution is -2.50. The van der Waals surface area contributed by atoms with Crippen LogP contribution >= 0.6 is 0 Å². The van der Waals surface area contributed by atoms with Gasteiger partial charge in [0.05, 0.1) is 6.04 Å². The zero-order valence-corrected chi connectivity index (χ0v) is 15.7. The summed E-state index contributed by atoms with van der Waals surface area (Å²) in [5.74, 6) is 0.335. The Bertz CT molecular complexity index is 694. The Balaban J connectivity index is 1.35. The van der Waals surface area contributed by atoms with E-state index in [0.29, 0.717) is 0 Å². The van der Waals surface area contributed by atoms with Gasteiger partial charge in [0.15, 0.2) is 0 Å². The number of amides is 2. The summed E-state index contributed by atoms with van der Waals surface area (Å²) in [5, 5.41) is 3.26. The standard InChI is InChI=1S/C21H29N3O2/c1-23-12-11-19(21(23)26)24-13-9-16(10-14-24)22-20(25)18-8-4-6-15-5-2-3-7-17(15)18/h4,6,8,16,19H,2-3,5,7,9-14H2,1H3,(H,22,25)/t19-/m1/s1. The molecule has 0 unspecified atom stereocenters. The monoisotopic (exact) mass is 355 g/mol. The van der Waals surface area contributed by atoms with Crippen LogP contribution in [-0.2, 0) is 17.6 Å². The summed E-state index contributed by atoms with van der Waals surface area (Å²) in [6.07, 6.45) is 7.31. The predicted molar refractivity (Wildman–Crippen MR) is 101 cm³/mol. The van der Waals surface area contributed by atoms with Gasteiger partial charge in [0, 0.05) is 38.3 Å². The van der Waals surface area contributed by atoms with Gasteiger partial charge in [-0.05, 0) is 62.1 Å². The molecule has 1 aromatic rings. The Labute approximate surface area is 155 Å². The minimum atomic E-state index is 0.0535. The van der Waals surface area contributed by atoms with E-state index in [1.807, 2.05) is 24.1 Å². The van der Waals surface area contributed by atoms with Gasteiger partial charge in [0.1, 0.15) is 0 Å². The van der Waals surface area contributed by atoms with Crippen molar-refractivity contribution in [3.05, 3.63) is 34.9 Å². The number of likely N-dealkylation sites (N-methyl/N-ethyl adjacent to an activating group) is 1. The molecule has 4 rings (SSSR count). The molecular formula is C21H29N3O2. The first-order chi connectivity index (χ1) is 12.6. The second kappa shape index (κ2) is 7.39. The van der Waals surface area contributed by atoms with E-state index in [1.54, 1.807) is 0 Å². The van der Waals surface area contributed by atoms with Gasteiger partial charge in [-0.3, -0.25) is 14.5 Å². The number of carbonyl (C=O) groups excluding carboxylic acids is 2. The first-order valence-electron chi connectivity index (χ1n) is 10.0. The highest BCUT2D eigenvalue weighted by atomic mass is 16.2. The van der Waals surface area contributed by atoms with Gasteiger partial charge in [-0.2, -0.15) is 0 Å². The van der Waals surface area contributed by atoms with Gasteiger partial charge in [-0.1, -0.05) is 12.1 Å². The molecule has 0 aromatic heterocycles. The lowest BCUT2D eigenvalue weighted by molar-refractivity contribution is -0.131. The maximum atomic E-state index is 12.8. The number of aryl methyl sites for hydroxylation is 1. The highest BCUT2D eigenvalue weighted by Gasteiger charge is 2.36. The van der Waals surface area contributed by atoms with Crippen molar-refractivity contribution >= 4 is 11.8 Å². The Morgan fingerprint density at radius 3 is 2.58 bits per heavy atom. The van der Waals surface area contributed by atoms with Crippen molar-refractivity contribution in [2.45, 2.75) is 57.0 Å². The molecule has 2 amide bonds. The number of carbonyl (C=O) groups is 2. The van der Waals surface area contributed by atoms with E-state index in [9.17, 15) is 9.59 Å². The first kappa shape index (κ1) is 17.5. The third-order valence-electron chi connectivity index (χ3n) is 6.35. The summed E-state index contributed by atoms with van der Waals surface area (Å²) in [5.41, 5.74) is 3.48. The number of piperidine rings is 1. The average molecular weight is 355 g/mol. The maximum Gasteiger partial charge on any atom is 0.251 e. The third kappa shape index (κ3) is 3.37. The molecule has 5 heteroatoms. The van der Waals surface area contributed by atoms with Gasteiger partial charge < -0.3 is 10.2 Å². The molecule has 2 heterocycles. The van der Waals surface area contributed by atoms with Crippen LogP contribution in [0.4, 0.5) is 0 Å². The van der Waals surface area contributed by atoms with Gasteiger partial charge in [0.2, 0.25) is 5.91 Å². The highest BCUT2D eigenvalue weighted by Crippen LogP contribution is 2.25. The molecular weight excluding hydrogens is 326 g/mol. The number of hydrogen-bond acceptors (Lipinski definition) is 3. The SMILES string of the molecule is CN1CC[C@@H](N2CCC(NC(=O)c3cccc4c3CCCC4)CC2)C1=O. The van der Waals surface area contributed by atoms with E-state index >= 15 is 0 Å². The predicted octanol–water partition coefficient (Wildman–Crippen LogP) is 1.99. The second-order valence-electron chi connectivity index (χ2n) is 8.00. The zero-order valence-electron chi connectivity index (χ0n) is 15.7. The zero-order chi connectivity index (χ0) is 18.1. The summed E-state index contributed by atoms with van der Waals surface area (Å²) in [4.78, 5) is 29.2. The number of nitrogens with zero attached hydrogens (tertiary/aromatic N) is 2. The largest absolute Gasteiger partial charge is 0.349 e. The fraction of sp³-hybridized carbons (Fsp3) is 0.619. The molecule has 140 valence electrons. The van der Waals surface area contributed by atoms with Gasteiger partial charge in [-0.25, -0.2) is 0 Å². The van der Waals surface area contributed by atoms with E-state index in [0.717, 1.165) is 57.3 Å². The molecule has 0 bridgehead atoms. The van der Waals surface area contributed by atoms with E-state index in [4.69, 9.17) is 0 Å². The quantitative estimate of drug-likeness (QED) is 0.902. The van der Waals surface area contributed by atoms with Crippen LogP contribution in [0, 0.1) is 0 Å². The van der Waals surface area contributed by atoms with Gasteiger partial charge >= 0.3 is 0 Å². The molecule has 0 saturated carbocycles. The van der Waals surface area contributed by atoms with Gasteiger partial charge in [-0.15, -0.1) is 0 Å². The smallest absolute Gasteiger partial charge is 0.251 e. The van der Waals surface area contributed by atoms with Crippen LogP contribution in [0.1, 0.15) is 53.6 Å². The Morgan fingerprint density at radius 1 is 1.08 bits per heavy atom. The van der Waals surface area contributed by atoms with Crippen LogP contribution in [-0.4, -0.2) is 60.4 Å². The molecule has 2 aliphatic heterocycles. The fourth-order valence-corrected chi connectivity index (χ4v) is 4.76. The number of likely N-dealkylation sites (tertiary alicyclic amines) is 2. The van der Waals surface area contributed by atoms with Crippen LogP contribution in [0.5, 0.6) is 0 Å². The summed E-state index contributed by atoms with van der Waals surface area (Å²) in [6, 6.07) is 6.43. The molecule has 2 fully saturated rings. The Morgan fingerprint density at radius 2 is 1.85 bits per heavy atom. The number of benzene rings is 1. The molecule has 26 heavy (non-hydrogen) atoms.